The van der Waals surface area contributed by atoms with Gasteiger partial charge in [-0.25, -0.2) is 4.68 Å². The minimum Gasteiger partial charge on any atom is -0.353 e. The largest absolute Gasteiger partial charge is 0.353 e. The van der Waals surface area contributed by atoms with E-state index in [0.717, 1.165) is 6.42 Å². The Morgan fingerprint density at radius 3 is 2.38 bits per heavy atom. The molecule has 0 radical (unpaired) electrons. The van der Waals surface area contributed by atoms with Crippen molar-refractivity contribution in [1.29, 1.82) is 0 Å². The van der Waals surface area contributed by atoms with Crippen LogP contribution in [0.1, 0.15) is 44.6 Å². The van der Waals surface area contributed by atoms with Crippen molar-refractivity contribution < 1.29 is 19.1 Å². The summed E-state index contributed by atoms with van der Waals surface area (Å²) in [7, 11) is 0. The van der Waals surface area contributed by atoms with E-state index in [4.69, 9.17) is 9.47 Å². The molecule has 1 N–H and O–H groups in total. The van der Waals surface area contributed by atoms with Crippen LogP contribution >= 0.6 is 0 Å². The average Bonchev–Trinajstić information content (AvgIpc) is 3.16. The molecule has 0 spiro atoms. The predicted octanol–water partition coefficient (Wildman–Crippen LogP) is 0.350. The van der Waals surface area contributed by atoms with E-state index in [9.17, 15) is 9.59 Å². The summed E-state index contributed by atoms with van der Waals surface area (Å²) < 4.78 is 12.6. The van der Waals surface area contributed by atoms with Gasteiger partial charge in [0, 0.05) is 45.4 Å². The second kappa shape index (κ2) is 11.8. The highest BCUT2D eigenvalue weighted by Gasteiger charge is 2.25. The molecule has 1 saturated heterocycles. The number of nitrogens with zero attached hydrogens (tertiary/aromatic N) is 5. The number of amides is 2. The number of rotatable bonds is 11. The minimum absolute atomic E-state index is 0.0280. The SMILES string of the molecule is CCOC(Cn1cc(C(=O)N2CCN(CC(=O)NC(C)CC)CC2)nn1)OCC. The van der Waals surface area contributed by atoms with Gasteiger partial charge in [0.2, 0.25) is 5.91 Å². The number of hydrogen-bond acceptors (Lipinski definition) is 7. The molecule has 1 aromatic heterocycles. The van der Waals surface area contributed by atoms with Crippen molar-refractivity contribution in [1.82, 2.24) is 30.1 Å². The minimum atomic E-state index is -0.417. The van der Waals surface area contributed by atoms with Crippen molar-refractivity contribution in [2.75, 3.05) is 45.9 Å². The number of hydrogen-bond donors (Lipinski definition) is 1. The van der Waals surface area contributed by atoms with Crippen molar-refractivity contribution in [3.05, 3.63) is 11.9 Å². The lowest BCUT2D eigenvalue weighted by atomic mass is 10.2. The Labute approximate surface area is 172 Å². The Morgan fingerprint density at radius 2 is 1.79 bits per heavy atom. The van der Waals surface area contributed by atoms with E-state index in [2.05, 4.69) is 20.5 Å². The summed E-state index contributed by atoms with van der Waals surface area (Å²) in [4.78, 5) is 28.6. The lowest BCUT2D eigenvalue weighted by Crippen LogP contribution is -2.51. The zero-order valence-electron chi connectivity index (χ0n) is 18.0. The first-order valence-corrected chi connectivity index (χ1v) is 10.4. The van der Waals surface area contributed by atoms with Crippen molar-refractivity contribution in [3.8, 4) is 0 Å². The predicted molar refractivity (Wildman–Crippen MR) is 107 cm³/mol. The summed E-state index contributed by atoms with van der Waals surface area (Å²) in [6.45, 7) is 12.1. The van der Waals surface area contributed by atoms with Crippen LogP contribution < -0.4 is 5.32 Å². The monoisotopic (exact) mass is 410 g/mol. The molecule has 164 valence electrons. The number of ether oxygens (including phenoxy) is 2. The van der Waals surface area contributed by atoms with Crippen LogP contribution in [0.15, 0.2) is 6.20 Å². The zero-order valence-corrected chi connectivity index (χ0v) is 18.0. The molecule has 29 heavy (non-hydrogen) atoms. The number of nitrogens with one attached hydrogen (secondary N) is 1. The molecule has 2 rings (SSSR count). The molecule has 1 unspecified atom stereocenters. The molecule has 10 nitrogen and oxygen atoms in total. The maximum atomic E-state index is 12.7. The second-order valence-corrected chi connectivity index (χ2v) is 7.11. The third-order valence-electron chi connectivity index (χ3n) is 4.85. The van der Waals surface area contributed by atoms with Gasteiger partial charge in [-0.15, -0.1) is 5.10 Å². The van der Waals surface area contributed by atoms with Gasteiger partial charge in [0.25, 0.3) is 5.91 Å². The highest BCUT2D eigenvalue weighted by Crippen LogP contribution is 2.08. The number of aromatic nitrogens is 3. The highest BCUT2D eigenvalue weighted by atomic mass is 16.7. The van der Waals surface area contributed by atoms with E-state index in [-0.39, 0.29) is 17.9 Å². The standard InChI is InChI=1S/C19H34N6O4/c1-5-15(4)20-17(26)13-23-8-10-24(11-9-23)19(27)16-12-25(22-21-16)14-18(28-6-2)29-7-3/h12,15,18H,5-11,13-14H2,1-4H3,(H,20,26). The molecule has 1 atom stereocenters. The fourth-order valence-electron chi connectivity index (χ4n) is 3.06. The summed E-state index contributed by atoms with van der Waals surface area (Å²) in [6.07, 6.45) is 2.11. The molecule has 0 saturated carbocycles. The Kier molecular flexibility index (Phi) is 9.49. The maximum absolute atomic E-state index is 12.7. The van der Waals surface area contributed by atoms with E-state index in [1.807, 2.05) is 27.7 Å². The normalized spacial score (nSPS) is 16.2. The third kappa shape index (κ3) is 7.37. The quantitative estimate of drug-likeness (QED) is 0.525. The summed E-state index contributed by atoms with van der Waals surface area (Å²) in [5.74, 6) is -0.121. The van der Waals surface area contributed by atoms with E-state index in [1.165, 1.54) is 0 Å². The Hall–Kier alpha value is -2.04. The topological polar surface area (TPSA) is 102 Å². The molecule has 0 aliphatic carbocycles. The Bertz CT molecular complexity index is 638. The van der Waals surface area contributed by atoms with Crippen LogP contribution in [0.5, 0.6) is 0 Å². The fraction of sp³-hybridized carbons (Fsp3) is 0.789. The molecule has 1 aromatic rings. The third-order valence-corrected chi connectivity index (χ3v) is 4.85. The molecule has 0 bridgehead atoms. The molecule has 1 fully saturated rings. The van der Waals surface area contributed by atoms with Gasteiger partial charge in [0.15, 0.2) is 12.0 Å². The molecule has 1 aliphatic rings. The maximum Gasteiger partial charge on any atom is 0.276 e. The number of piperazine rings is 1. The van der Waals surface area contributed by atoms with E-state index in [1.54, 1.807) is 15.8 Å². The molecule has 10 heteroatoms. The van der Waals surface area contributed by atoms with Gasteiger partial charge in [0.05, 0.1) is 19.3 Å². The molecule has 2 heterocycles. The Morgan fingerprint density at radius 1 is 1.14 bits per heavy atom. The van der Waals surface area contributed by atoms with Gasteiger partial charge in [-0.05, 0) is 27.2 Å². The van der Waals surface area contributed by atoms with Crippen LogP contribution in [0.2, 0.25) is 0 Å². The average molecular weight is 411 g/mol. The van der Waals surface area contributed by atoms with Gasteiger partial charge >= 0.3 is 0 Å². The van der Waals surface area contributed by atoms with E-state index >= 15 is 0 Å². The van der Waals surface area contributed by atoms with Crippen molar-refractivity contribution in [2.24, 2.45) is 0 Å². The lowest BCUT2D eigenvalue weighted by molar-refractivity contribution is -0.145. The van der Waals surface area contributed by atoms with Crippen molar-refractivity contribution >= 4 is 11.8 Å². The first-order valence-electron chi connectivity index (χ1n) is 10.4. The van der Waals surface area contributed by atoms with Crippen LogP contribution in [0, 0.1) is 0 Å². The molecular formula is C19H34N6O4. The second-order valence-electron chi connectivity index (χ2n) is 7.11. The van der Waals surface area contributed by atoms with E-state index < -0.39 is 6.29 Å². The van der Waals surface area contributed by atoms with Crippen LogP contribution in [-0.4, -0.2) is 94.9 Å². The van der Waals surface area contributed by atoms with Crippen molar-refractivity contribution in [3.63, 3.8) is 0 Å². The van der Waals surface area contributed by atoms with Gasteiger partial charge in [-0.3, -0.25) is 14.5 Å². The number of carbonyl (C=O) groups is 2. The van der Waals surface area contributed by atoms with Crippen LogP contribution in [0.4, 0.5) is 0 Å². The first-order chi connectivity index (χ1) is 14.0. The van der Waals surface area contributed by atoms with Gasteiger partial charge < -0.3 is 19.7 Å². The Balaban J connectivity index is 1.82. The molecule has 2 amide bonds. The fourth-order valence-corrected chi connectivity index (χ4v) is 3.06. The van der Waals surface area contributed by atoms with Crippen LogP contribution in [-0.2, 0) is 20.8 Å². The highest BCUT2D eigenvalue weighted by molar-refractivity contribution is 5.92. The lowest BCUT2D eigenvalue weighted by Gasteiger charge is -2.34. The van der Waals surface area contributed by atoms with Gasteiger partial charge in [-0.2, -0.15) is 0 Å². The molecular weight excluding hydrogens is 376 g/mol. The van der Waals surface area contributed by atoms with Gasteiger partial charge in [0.1, 0.15) is 0 Å². The summed E-state index contributed by atoms with van der Waals surface area (Å²) in [5.41, 5.74) is 0.305. The van der Waals surface area contributed by atoms with Crippen LogP contribution in [0.25, 0.3) is 0 Å². The summed E-state index contributed by atoms with van der Waals surface area (Å²) in [6, 6.07) is 0.179. The van der Waals surface area contributed by atoms with Crippen LogP contribution in [0.3, 0.4) is 0 Å². The summed E-state index contributed by atoms with van der Waals surface area (Å²) >= 11 is 0. The summed E-state index contributed by atoms with van der Waals surface area (Å²) in [5, 5.41) is 11.0. The molecule has 0 aromatic carbocycles. The molecule has 1 aliphatic heterocycles. The van der Waals surface area contributed by atoms with Gasteiger partial charge in [-0.1, -0.05) is 12.1 Å². The first kappa shape index (κ1) is 23.2. The van der Waals surface area contributed by atoms with Crippen molar-refractivity contribution in [2.45, 2.75) is 53.0 Å². The number of carbonyl (C=O) groups excluding carboxylic acids is 2. The van der Waals surface area contributed by atoms with E-state index in [0.29, 0.717) is 58.2 Å². The smallest absolute Gasteiger partial charge is 0.276 e. The zero-order chi connectivity index (χ0) is 21.2.